The molecule has 30 heavy (non-hydrogen) atoms. The van der Waals surface area contributed by atoms with Gasteiger partial charge in [-0.25, -0.2) is 9.67 Å². The summed E-state index contributed by atoms with van der Waals surface area (Å²) in [6.45, 7) is 6.53. The van der Waals surface area contributed by atoms with Gasteiger partial charge >= 0.3 is 0 Å². The van der Waals surface area contributed by atoms with Crippen molar-refractivity contribution in [2.75, 3.05) is 5.32 Å². The first-order valence-electron chi connectivity index (χ1n) is 9.76. The van der Waals surface area contributed by atoms with Gasteiger partial charge in [-0.15, -0.1) is 11.3 Å². The molecule has 0 unspecified atom stereocenters. The van der Waals surface area contributed by atoms with E-state index in [4.69, 9.17) is 4.98 Å². The van der Waals surface area contributed by atoms with Gasteiger partial charge < -0.3 is 5.32 Å². The Morgan fingerprint density at radius 1 is 1.10 bits per heavy atom. The monoisotopic (exact) mass is 418 g/mol. The van der Waals surface area contributed by atoms with Gasteiger partial charge in [0, 0.05) is 23.9 Å². The Morgan fingerprint density at radius 2 is 1.87 bits per heavy atom. The summed E-state index contributed by atoms with van der Waals surface area (Å²) < 4.78 is 2.49. The third kappa shape index (κ3) is 4.31. The topological polar surface area (TPSA) is 76.9 Å². The Morgan fingerprint density at radius 3 is 2.60 bits per heavy atom. The number of hydrogen-bond donors (Lipinski definition) is 1. The summed E-state index contributed by atoms with van der Waals surface area (Å²) in [6.07, 6.45) is 0. The highest BCUT2D eigenvalue weighted by Crippen LogP contribution is 2.31. The number of aromatic nitrogens is 3. The molecule has 0 spiro atoms. The molecule has 2 aromatic carbocycles. The highest BCUT2D eigenvalue weighted by molar-refractivity contribution is 7.21. The Bertz CT molecular complexity index is 1270. The molecule has 0 fully saturated rings. The van der Waals surface area contributed by atoms with Crippen LogP contribution in [0.15, 0.2) is 59.4 Å². The quantitative estimate of drug-likeness (QED) is 0.508. The average Bonchev–Trinajstić information content (AvgIpc) is 3.13. The number of amides is 1. The predicted octanol–water partition coefficient (Wildman–Crippen LogP) is 4.74. The third-order valence-corrected chi connectivity index (χ3v) is 5.64. The molecular weight excluding hydrogens is 396 g/mol. The van der Waals surface area contributed by atoms with Gasteiger partial charge in [0.05, 0.1) is 10.2 Å². The predicted molar refractivity (Wildman–Crippen MR) is 121 cm³/mol. The molecule has 1 N–H and O–H groups in total. The second-order valence-electron chi connectivity index (χ2n) is 7.65. The van der Waals surface area contributed by atoms with Gasteiger partial charge in [-0.3, -0.25) is 9.59 Å². The van der Waals surface area contributed by atoms with E-state index < -0.39 is 0 Å². The van der Waals surface area contributed by atoms with Crippen LogP contribution in [0.2, 0.25) is 0 Å². The van der Waals surface area contributed by atoms with E-state index in [1.165, 1.54) is 22.4 Å². The fourth-order valence-electron chi connectivity index (χ4n) is 3.09. The van der Waals surface area contributed by atoms with E-state index in [0.717, 1.165) is 20.8 Å². The summed E-state index contributed by atoms with van der Waals surface area (Å²) in [5, 5.41) is 7.97. The number of rotatable bonds is 5. The number of hydrogen-bond acceptors (Lipinski definition) is 5. The SMILES string of the molecule is Cc1ccc2nc(-c3ccc(NC(=O)c4ccc(=O)n(CC(C)C)n4)cc3)sc2c1. The maximum atomic E-state index is 12.6. The minimum absolute atomic E-state index is 0.209. The molecule has 0 saturated heterocycles. The highest BCUT2D eigenvalue weighted by atomic mass is 32.1. The second-order valence-corrected chi connectivity index (χ2v) is 8.69. The molecule has 2 heterocycles. The summed E-state index contributed by atoms with van der Waals surface area (Å²) >= 11 is 1.65. The molecule has 0 aliphatic heterocycles. The van der Waals surface area contributed by atoms with Gasteiger partial charge in [0.1, 0.15) is 10.7 Å². The molecule has 6 nitrogen and oxygen atoms in total. The molecule has 4 rings (SSSR count). The second kappa shape index (κ2) is 8.20. The molecule has 0 atom stereocenters. The largest absolute Gasteiger partial charge is 0.321 e. The lowest BCUT2D eigenvalue weighted by atomic mass is 10.2. The number of benzene rings is 2. The van der Waals surface area contributed by atoms with Crippen LogP contribution in [0.4, 0.5) is 5.69 Å². The zero-order valence-corrected chi connectivity index (χ0v) is 17.9. The van der Waals surface area contributed by atoms with E-state index >= 15 is 0 Å². The number of thiazole rings is 1. The normalized spacial score (nSPS) is 11.2. The summed E-state index contributed by atoms with van der Waals surface area (Å²) in [5.41, 5.74) is 3.85. The molecule has 1 amide bonds. The highest BCUT2D eigenvalue weighted by Gasteiger charge is 2.12. The van der Waals surface area contributed by atoms with Gasteiger partial charge in [-0.1, -0.05) is 19.9 Å². The molecule has 2 aromatic heterocycles. The minimum atomic E-state index is -0.351. The van der Waals surface area contributed by atoms with Crippen molar-refractivity contribution < 1.29 is 4.79 Å². The van der Waals surface area contributed by atoms with Crippen LogP contribution in [0.5, 0.6) is 0 Å². The number of anilines is 1. The van der Waals surface area contributed by atoms with E-state index in [1.807, 2.05) is 44.2 Å². The molecule has 7 heteroatoms. The summed E-state index contributed by atoms with van der Waals surface area (Å²) in [6, 6.07) is 16.6. The molecule has 0 aliphatic rings. The lowest BCUT2D eigenvalue weighted by molar-refractivity contribution is 0.101. The fraction of sp³-hybridized carbons (Fsp3) is 0.217. The summed E-state index contributed by atoms with van der Waals surface area (Å²) in [4.78, 5) is 29.2. The van der Waals surface area contributed by atoms with Crippen LogP contribution in [0.3, 0.4) is 0 Å². The van der Waals surface area contributed by atoms with Crippen molar-refractivity contribution in [2.45, 2.75) is 27.3 Å². The van der Waals surface area contributed by atoms with Gasteiger partial charge in [-0.2, -0.15) is 5.10 Å². The number of fused-ring (bicyclic) bond motifs is 1. The zero-order chi connectivity index (χ0) is 21.3. The van der Waals surface area contributed by atoms with E-state index in [2.05, 4.69) is 29.5 Å². The molecule has 0 aliphatic carbocycles. The number of aryl methyl sites for hydroxylation is 1. The molecule has 152 valence electrons. The first kappa shape index (κ1) is 20.0. The maximum Gasteiger partial charge on any atom is 0.276 e. The van der Waals surface area contributed by atoms with Crippen molar-refractivity contribution in [1.29, 1.82) is 0 Å². The lowest BCUT2D eigenvalue weighted by Crippen LogP contribution is -2.27. The Labute approximate surface area is 178 Å². The van der Waals surface area contributed by atoms with Gasteiger partial charge in [0.15, 0.2) is 0 Å². The number of carbonyl (C=O) groups is 1. The van der Waals surface area contributed by atoms with Gasteiger partial charge in [0.25, 0.3) is 11.5 Å². The Hall–Kier alpha value is -3.32. The maximum absolute atomic E-state index is 12.6. The van der Waals surface area contributed by atoms with Gasteiger partial charge in [-0.05, 0) is 60.9 Å². The number of carbonyl (C=O) groups excluding carboxylic acids is 1. The fourth-order valence-corrected chi connectivity index (χ4v) is 4.16. The van der Waals surface area contributed by atoms with Crippen LogP contribution in [-0.4, -0.2) is 20.7 Å². The van der Waals surface area contributed by atoms with Crippen LogP contribution >= 0.6 is 11.3 Å². The van der Waals surface area contributed by atoms with Crippen LogP contribution in [-0.2, 0) is 6.54 Å². The van der Waals surface area contributed by atoms with Crippen molar-refractivity contribution in [3.8, 4) is 10.6 Å². The third-order valence-electron chi connectivity index (χ3n) is 4.57. The Kier molecular flexibility index (Phi) is 5.46. The van der Waals surface area contributed by atoms with Crippen LogP contribution in [0, 0.1) is 12.8 Å². The molecule has 0 saturated carbocycles. The zero-order valence-electron chi connectivity index (χ0n) is 17.0. The van der Waals surface area contributed by atoms with Crippen molar-refractivity contribution in [1.82, 2.24) is 14.8 Å². The first-order valence-corrected chi connectivity index (χ1v) is 10.6. The van der Waals surface area contributed by atoms with Crippen LogP contribution < -0.4 is 10.9 Å². The molecule has 4 aromatic rings. The molecule has 0 radical (unpaired) electrons. The standard InChI is InChI=1S/C23H22N4O2S/c1-14(2)13-27-21(28)11-10-19(26-27)22(29)24-17-7-5-16(6-8-17)23-25-18-9-4-15(3)12-20(18)30-23/h4-12,14H,13H2,1-3H3,(H,24,29). The van der Waals surface area contributed by atoms with E-state index in [1.54, 1.807) is 11.3 Å². The van der Waals surface area contributed by atoms with Crippen molar-refractivity contribution in [3.05, 3.63) is 76.2 Å². The van der Waals surface area contributed by atoms with Crippen molar-refractivity contribution in [3.63, 3.8) is 0 Å². The number of nitrogens with one attached hydrogen (secondary N) is 1. The molecular formula is C23H22N4O2S. The van der Waals surface area contributed by atoms with E-state index in [0.29, 0.717) is 12.2 Å². The smallest absolute Gasteiger partial charge is 0.276 e. The lowest BCUT2D eigenvalue weighted by Gasteiger charge is -2.09. The van der Waals surface area contributed by atoms with Crippen LogP contribution in [0.25, 0.3) is 20.8 Å². The first-order chi connectivity index (χ1) is 14.4. The average molecular weight is 419 g/mol. The minimum Gasteiger partial charge on any atom is -0.321 e. The Balaban J connectivity index is 1.51. The van der Waals surface area contributed by atoms with Crippen molar-refractivity contribution in [2.24, 2.45) is 5.92 Å². The summed E-state index contributed by atoms with van der Waals surface area (Å²) in [7, 11) is 0. The van der Waals surface area contributed by atoms with E-state index in [-0.39, 0.29) is 23.1 Å². The van der Waals surface area contributed by atoms with Crippen molar-refractivity contribution >= 4 is 33.1 Å². The van der Waals surface area contributed by atoms with Gasteiger partial charge in [0.2, 0.25) is 0 Å². The number of nitrogens with zero attached hydrogens (tertiary/aromatic N) is 3. The van der Waals surface area contributed by atoms with Crippen LogP contribution in [0.1, 0.15) is 29.9 Å². The van der Waals surface area contributed by atoms with E-state index in [9.17, 15) is 9.59 Å². The molecule has 0 bridgehead atoms. The summed E-state index contributed by atoms with van der Waals surface area (Å²) in [5.74, 6) is -0.0943.